The van der Waals surface area contributed by atoms with Crippen LogP contribution in [-0.2, 0) is 6.42 Å². The highest BCUT2D eigenvalue weighted by Gasteiger charge is 2.43. The number of ketones is 1. The Labute approximate surface area is 178 Å². The Morgan fingerprint density at radius 3 is 2.61 bits per heavy atom. The predicted octanol–water partition coefficient (Wildman–Crippen LogP) is 3.68. The van der Waals surface area contributed by atoms with Crippen LogP contribution in [0.25, 0.3) is 10.9 Å². The summed E-state index contributed by atoms with van der Waals surface area (Å²) in [6.07, 6.45) is -1.70. The van der Waals surface area contributed by atoms with E-state index in [0.29, 0.717) is 31.6 Å². The molecular weight excluding hydrogens is 409 g/mol. The van der Waals surface area contributed by atoms with Gasteiger partial charge in [-0.2, -0.15) is 13.2 Å². The van der Waals surface area contributed by atoms with Crippen LogP contribution < -0.4 is 5.32 Å². The maximum Gasteiger partial charge on any atom is 0.454 e. The standard InChI is InChI=1S/C22H27F3N4O2/c1-4-29(5-2)21(31)27-14-9-15-16-6-12(20(30)22(23,24)25)7-17-19(16)13(10-26-17)8-18(15)28(3)11-14/h6-7,10,14-15,18,26H,4-5,8-9,11H2,1-3H3,(H,27,31)/t14-,15?,18+/m0/s1. The summed E-state index contributed by atoms with van der Waals surface area (Å²) in [6.45, 7) is 5.71. The normalized spacial score (nSPS) is 23.5. The van der Waals surface area contributed by atoms with E-state index in [9.17, 15) is 22.8 Å². The average molecular weight is 436 g/mol. The summed E-state index contributed by atoms with van der Waals surface area (Å²) in [5.41, 5.74) is 2.01. The number of carbonyl (C=O) groups is 2. The number of hydrogen-bond donors (Lipinski definition) is 2. The number of piperidine rings is 1. The van der Waals surface area contributed by atoms with Crippen molar-refractivity contribution < 1.29 is 22.8 Å². The number of likely N-dealkylation sites (tertiary alicyclic amines) is 1. The van der Waals surface area contributed by atoms with E-state index in [4.69, 9.17) is 0 Å². The van der Waals surface area contributed by atoms with Crippen molar-refractivity contribution >= 4 is 22.7 Å². The second-order valence-electron chi connectivity index (χ2n) is 8.50. The van der Waals surface area contributed by atoms with Crippen molar-refractivity contribution in [2.24, 2.45) is 0 Å². The molecule has 0 radical (unpaired) electrons. The first-order valence-electron chi connectivity index (χ1n) is 10.6. The van der Waals surface area contributed by atoms with Gasteiger partial charge in [0.05, 0.1) is 0 Å². The molecule has 0 saturated carbocycles. The zero-order valence-corrected chi connectivity index (χ0v) is 17.8. The molecule has 1 saturated heterocycles. The fraction of sp³-hybridized carbons (Fsp3) is 0.545. The minimum absolute atomic E-state index is 0.0764. The third-order valence-electron chi connectivity index (χ3n) is 6.70. The van der Waals surface area contributed by atoms with Gasteiger partial charge in [0.1, 0.15) is 0 Å². The first-order chi connectivity index (χ1) is 14.6. The Balaban J connectivity index is 1.70. The average Bonchev–Trinajstić information content (AvgIpc) is 3.12. The number of H-pyrrole nitrogens is 1. The van der Waals surface area contributed by atoms with Crippen LogP contribution in [0, 0.1) is 0 Å². The van der Waals surface area contributed by atoms with E-state index in [0.717, 1.165) is 22.9 Å². The molecule has 31 heavy (non-hydrogen) atoms. The van der Waals surface area contributed by atoms with Gasteiger partial charge in [-0.15, -0.1) is 0 Å². The fourth-order valence-electron chi connectivity index (χ4n) is 5.19. The first-order valence-corrected chi connectivity index (χ1v) is 10.6. The third kappa shape index (κ3) is 3.79. The number of hydrogen-bond acceptors (Lipinski definition) is 3. The molecule has 2 amide bonds. The van der Waals surface area contributed by atoms with Crippen LogP contribution in [0.3, 0.4) is 0 Å². The lowest BCUT2D eigenvalue weighted by Crippen LogP contribution is -2.56. The van der Waals surface area contributed by atoms with E-state index in [1.54, 1.807) is 4.90 Å². The minimum atomic E-state index is -4.92. The number of likely N-dealkylation sites (N-methyl/N-ethyl adjacent to an activating group) is 1. The van der Waals surface area contributed by atoms with Gasteiger partial charge in [0.2, 0.25) is 0 Å². The molecule has 3 atom stereocenters. The zero-order chi connectivity index (χ0) is 22.5. The van der Waals surface area contributed by atoms with Gasteiger partial charge in [-0.3, -0.25) is 4.79 Å². The van der Waals surface area contributed by atoms with Crippen molar-refractivity contribution in [3.05, 3.63) is 35.0 Å². The van der Waals surface area contributed by atoms with Crippen LogP contribution >= 0.6 is 0 Å². The summed E-state index contributed by atoms with van der Waals surface area (Å²) in [5.74, 6) is -1.91. The molecule has 6 nitrogen and oxygen atoms in total. The molecule has 9 heteroatoms. The number of fused-ring (bicyclic) bond motifs is 2. The molecule has 1 aromatic heterocycles. The van der Waals surface area contributed by atoms with Crippen molar-refractivity contribution in [1.29, 1.82) is 0 Å². The van der Waals surface area contributed by atoms with Gasteiger partial charge in [0.15, 0.2) is 0 Å². The highest BCUT2D eigenvalue weighted by molar-refractivity contribution is 6.04. The molecule has 2 N–H and O–H groups in total. The molecule has 0 bridgehead atoms. The second kappa shape index (κ2) is 7.85. The number of benzene rings is 1. The van der Waals surface area contributed by atoms with Crippen LogP contribution in [0.2, 0.25) is 0 Å². The third-order valence-corrected chi connectivity index (χ3v) is 6.70. The van der Waals surface area contributed by atoms with Crippen molar-refractivity contribution in [2.75, 3.05) is 26.7 Å². The van der Waals surface area contributed by atoms with Crippen molar-refractivity contribution in [2.45, 2.75) is 50.9 Å². The van der Waals surface area contributed by atoms with Gasteiger partial charge in [0.25, 0.3) is 5.78 Å². The Morgan fingerprint density at radius 1 is 1.26 bits per heavy atom. The summed E-state index contributed by atoms with van der Waals surface area (Å²) in [7, 11) is 1.98. The van der Waals surface area contributed by atoms with Crippen molar-refractivity contribution in [3.63, 3.8) is 0 Å². The molecule has 2 aromatic rings. The number of rotatable bonds is 4. The summed E-state index contributed by atoms with van der Waals surface area (Å²) in [6, 6.07) is 2.55. The fourth-order valence-corrected chi connectivity index (χ4v) is 5.19. The smallest absolute Gasteiger partial charge is 0.361 e. The van der Waals surface area contributed by atoms with E-state index in [-0.39, 0.29) is 29.6 Å². The SMILES string of the molecule is CCN(CC)C(=O)N[C@H]1CC2c3cc(C(=O)C(F)(F)F)cc4[nH]cc(c34)C[C@H]2N(C)C1. The monoisotopic (exact) mass is 436 g/mol. The van der Waals surface area contributed by atoms with E-state index in [1.807, 2.05) is 27.1 Å². The molecule has 1 aliphatic carbocycles. The lowest BCUT2D eigenvalue weighted by atomic mass is 9.73. The molecule has 1 fully saturated rings. The lowest BCUT2D eigenvalue weighted by Gasteiger charge is -2.46. The number of aromatic nitrogens is 1. The second-order valence-corrected chi connectivity index (χ2v) is 8.50. The van der Waals surface area contributed by atoms with Crippen molar-refractivity contribution in [1.82, 2.24) is 20.1 Å². The molecule has 168 valence electrons. The summed E-state index contributed by atoms with van der Waals surface area (Å²) >= 11 is 0. The highest BCUT2D eigenvalue weighted by atomic mass is 19.4. The van der Waals surface area contributed by atoms with E-state index < -0.39 is 12.0 Å². The lowest BCUT2D eigenvalue weighted by molar-refractivity contribution is -0.0885. The van der Waals surface area contributed by atoms with Crippen LogP contribution in [0.1, 0.15) is 47.7 Å². The van der Waals surface area contributed by atoms with Gasteiger partial charge < -0.3 is 20.1 Å². The van der Waals surface area contributed by atoms with Gasteiger partial charge in [-0.25, -0.2) is 4.79 Å². The quantitative estimate of drug-likeness (QED) is 0.719. The molecule has 2 heterocycles. The van der Waals surface area contributed by atoms with Crippen molar-refractivity contribution in [3.8, 4) is 0 Å². The van der Waals surface area contributed by atoms with E-state index in [1.165, 1.54) is 12.1 Å². The number of nitrogens with zero attached hydrogens (tertiary/aromatic N) is 2. The predicted molar refractivity (Wildman–Crippen MR) is 111 cm³/mol. The number of halogens is 3. The maximum atomic E-state index is 13.1. The topological polar surface area (TPSA) is 68.4 Å². The summed E-state index contributed by atoms with van der Waals surface area (Å²) in [4.78, 5) is 31.5. The molecule has 2 aliphatic rings. The Bertz CT molecular complexity index is 1010. The minimum Gasteiger partial charge on any atom is -0.361 e. The van der Waals surface area contributed by atoms with E-state index >= 15 is 0 Å². The van der Waals surface area contributed by atoms with Crippen LogP contribution in [0.15, 0.2) is 18.3 Å². The van der Waals surface area contributed by atoms with Gasteiger partial charge in [-0.05, 0) is 57.0 Å². The Morgan fingerprint density at radius 2 is 1.97 bits per heavy atom. The number of carbonyl (C=O) groups excluding carboxylic acids is 2. The molecule has 4 rings (SSSR count). The molecule has 1 aromatic carbocycles. The van der Waals surface area contributed by atoms with Crippen LogP contribution in [-0.4, -0.2) is 71.5 Å². The molecule has 0 spiro atoms. The number of alkyl halides is 3. The summed E-state index contributed by atoms with van der Waals surface area (Å²) < 4.78 is 39.3. The zero-order valence-electron chi connectivity index (χ0n) is 17.8. The highest BCUT2D eigenvalue weighted by Crippen LogP contribution is 2.44. The van der Waals surface area contributed by atoms with Gasteiger partial charge in [-0.1, -0.05) is 0 Å². The molecular formula is C22H27F3N4O2. The van der Waals surface area contributed by atoms with Crippen LogP contribution in [0.4, 0.5) is 18.0 Å². The summed E-state index contributed by atoms with van der Waals surface area (Å²) in [5, 5.41) is 3.99. The number of aromatic amines is 1. The molecule has 1 aliphatic heterocycles. The number of amides is 2. The number of Topliss-reactive ketones (excluding diaryl/α,β-unsaturated/α-hetero) is 1. The Hall–Kier alpha value is -2.55. The molecule has 1 unspecified atom stereocenters. The number of urea groups is 1. The van der Waals surface area contributed by atoms with E-state index in [2.05, 4.69) is 15.2 Å². The van der Waals surface area contributed by atoms with Gasteiger partial charge in [0, 0.05) is 60.3 Å². The van der Waals surface area contributed by atoms with Crippen LogP contribution in [0.5, 0.6) is 0 Å². The number of nitrogens with one attached hydrogen (secondary N) is 2. The Kier molecular flexibility index (Phi) is 5.49. The largest absolute Gasteiger partial charge is 0.454 e. The van der Waals surface area contributed by atoms with Gasteiger partial charge >= 0.3 is 12.2 Å². The maximum absolute atomic E-state index is 13.1. The first kappa shape index (κ1) is 21.7.